The van der Waals surface area contributed by atoms with Crippen LogP contribution < -0.4 is 10.6 Å². The lowest BCUT2D eigenvalue weighted by Crippen LogP contribution is -2.19. The summed E-state index contributed by atoms with van der Waals surface area (Å²) in [4.78, 5) is 28.1. The van der Waals surface area contributed by atoms with Gasteiger partial charge in [-0.3, -0.25) is 14.6 Å². The lowest BCUT2D eigenvalue weighted by molar-refractivity contribution is -0.113. The minimum Gasteiger partial charge on any atom is -0.355 e. The highest BCUT2D eigenvalue weighted by Gasteiger charge is 2.15. The van der Waals surface area contributed by atoms with Crippen molar-refractivity contribution < 1.29 is 9.59 Å². The first-order chi connectivity index (χ1) is 14.1. The third-order valence-corrected chi connectivity index (χ3v) is 5.04. The number of hydrogen-bond donors (Lipinski definition) is 2. The molecule has 0 aliphatic carbocycles. The molecule has 0 aliphatic rings. The number of thioether (sulfide) groups is 1. The van der Waals surface area contributed by atoms with Gasteiger partial charge in [0.1, 0.15) is 0 Å². The van der Waals surface area contributed by atoms with Gasteiger partial charge >= 0.3 is 0 Å². The van der Waals surface area contributed by atoms with Gasteiger partial charge in [-0.1, -0.05) is 24.8 Å². The van der Waals surface area contributed by atoms with Crippen molar-refractivity contribution in [1.82, 2.24) is 25.1 Å². The normalized spacial score (nSPS) is 10.6. The number of pyridine rings is 1. The van der Waals surface area contributed by atoms with Gasteiger partial charge in [0.05, 0.1) is 5.75 Å². The number of anilines is 1. The minimum absolute atomic E-state index is 0.180. The topological polar surface area (TPSA) is 102 Å². The average Bonchev–Trinajstić information content (AvgIpc) is 3.15. The molecule has 0 unspecified atom stereocenters. The van der Waals surface area contributed by atoms with Crippen LogP contribution in [0.25, 0.3) is 11.4 Å². The molecule has 0 fully saturated rings. The van der Waals surface area contributed by atoms with Gasteiger partial charge in [-0.05, 0) is 36.8 Å². The SMILES string of the molecule is CCCn1c(SCC(=O)Nc2cccc(C(=O)NC)c2)nnc1-c1ccncc1. The molecule has 2 heterocycles. The first-order valence-corrected chi connectivity index (χ1v) is 10.2. The summed E-state index contributed by atoms with van der Waals surface area (Å²) >= 11 is 1.33. The molecule has 2 aromatic heterocycles. The van der Waals surface area contributed by atoms with Crippen molar-refractivity contribution in [2.75, 3.05) is 18.1 Å². The molecule has 2 amide bonds. The van der Waals surface area contributed by atoms with Crippen LogP contribution in [0.3, 0.4) is 0 Å². The van der Waals surface area contributed by atoms with Gasteiger partial charge < -0.3 is 15.2 Å². The monoisotopic (exact) mass is 410 g/mol. The summed E-state index contributed by atoms with van der Waals surface area (Å²) in [5, 5.41) is 14.6. The molecule has 8 nitrogen and oxygen atoms in total. The Hall–Kier alpha value is -3.20. The van der Waals surface area contributed by atoms with E-state index in [9.17, 15) is 9.59 Å². The fourth-order valence-electron chi connectivity index (χ4n) is 2.74. The highest BCUT2D eigenvalue weighted by atomic mass is 32.2. The third-order valence-electron chi connectivity index (χ3n) is 4.07. The lowest BCUT2D eigenvalue weighted by atomic mass is 10.2. The van der Waals surface area contributed by atoms with E-state index in [2.05, 4.69) is 32.7 Å². The van der Waals surface area contributed by atoms with Crippen LogP contribution in [0.2, 0.25) is 0 Å². The number of aromatic nitrogens is 4. The van der Waals surface area contributed by atoms with Crippen molar-refractivity contribution in [3.63, 3.8) is 0 Å². The second kappa shape index (κ2) is 9.83. The molecular formula is C20H22N6O2S. The van der Waals surface area contributed by atoms with E-state index in [-0.39, 0.29) is 17.6 Å². The first-order valence-electron chi connectivity index (χ1n) is 9.20. The van der Waals surface area contributed by atoms with Crippen LogP contribution in [0.4, 0.5) is 5.69 Å². The average molecular weight is 411 g/mol. The number of carbonyl (C=O) groups excluding carboxylic acids is 2. The predicted octanol–water partition coefficient (Wildman–Crippen LogP) is 2.84. The van der Waals surface area contributed by atoms with Crippen LogP contribution in [0, 0.1) is 0 Å². The second-order valence-electron chi connectivity index (χ2n) is 6.19. The number of carbonyl (C=O) groups is 2. The van der Waals surface area contributed by atoms with Crippen molar-refractivity contribution >= 4 is 29.3 Å². The highest BCUT2D eigenvalue weighted by molar-refractivity contribution is 7.99. The third kappa shape index (κ3) is 5.20. The molecular weight excluding hydrogens is 388 g/mol. The summed E-state index contributed by atoms with van der Waals surface area (Å²) in [7, 11) is 1.57. The molecule has 0 bridgehead atoms. The van der Waals surface area contributed by atoms with E-state index in [4.69, 9.17) is 0 Å². The maximum Gasteiger partial charge on any atom is 0.251 e. The molecule has 150 valence electrons. The van der Waals surface area contributed by atoms with Crippen LogP contribution in [0.1, 0.15) is 23.7 Å². The predicted molar refractivity (Wildman–Crippen MR) is 113 cm³/mol. The Bertz CT molecular complexity index is 990. The van der Waals surface area contributed by atoms with Gasteiger partial charge in [0.25, 0.3) is 5.91 Å². The molecule has 3 rings (SSSR count). The van der Waals surface area contributed by atoms with Crippen molar-refractivity contribution in [3.05, 3.63) is 54.4 Å². The molecule has 0 aliphatic heterocycles. The summed E-state index contributed by atoms with van der Waals surface area (Å²) in [5.74, 6) is 0.561. The molecule has 0 saturated carbocycles. The van der Waals surface area contributed by atoms with Gasteiger partial charge in [0, 0.05) is 42.8 Å². The van der Waals surface area contributed by atoms with E-state index in [1.807, 2.05) is 16.7 Å². The molecule has 9 heteroatoms. The maximum atomic E-state index is 12.4. The van der Waals surface area contributed by atoms with Crippen molar-refractivity contribution in [1.29, 1.82) is 0 Å². The number of nitrogens with zero attached hydrogens (tertiary/aromatic N) is 4. The summed E-state index contributed by atoms with van der Waals surface area (Å²) in [6.45, 7) is 2.83. The van der Waals surface area contributed by atoms with Gasteiger partial charge in [-0.15, -0.1) is 10.2 Å². The molecule has 2 N–H and O–H groups in total. The molecule has 1 aromatic carbocycles. The van der Waals surface area contributed by atoms with E-state index in [1.54, 1.807) is 43.7 Å². The molecule has 3 aromatic rings. The Balaban J connectivity index is 1.67. The van der Waals surface area contributed by atoms with Gasteiger partial charge in [0.15, 0.2) is 11.0 Å². The largest absolute Gasteiger partial charge is 0.355 e. The van der Waals surface area contributed by atoms with Crippen LogP contribution in [-0.4, -0.2) is 44.4 Å². The van der Waals surface area contributed by atoms with Crippen molar-refractivity contribution in [3.8, 4) is 11.4 Å². The summed E-state index contributed by atoms with van der Waals surface area (Å²) < 4.78 is 2.01. The molecule has 29 heavy (non-hydrogen) atoms. The Morgan fingerprint density at radius 3 is 2.66 bits per heavy atom. The van der Waals surface area contributed by atoms with E-state index in [0.717, 1.165) is 24.4 Å². The Morgan fingerprint density at radius 1 is 1.14 bits per heavy atom. The Morgan fingerprint density at radius 2 is 1.93 bits per heavy atom. The number of nitrogens with one attached hydrogen (secondary N) is 2. The summed E-state index contributed by atoms with van der Waals surface area (Å²) in [6.07, 6.45) is 4.35. The van der Waals surface area contributed by atoms with Crippen LogP contribution >= 0.6 is 11.8 Å². The Labute approximate surface area is 173 Å². The quantitative estimate of drug-likeness (QED) is 0.554. The highest BCUT2D eigenvalue weighted by Crippen LogP contribution is 2.24. The van der Waals surface area contributed by atoms with E-state index < -0.39 is 0 Å². The zero-order valence-electron chi connectivity index (χ0n) is 16.3. The smallest absolute Gasteiger partial charge is 0.251 e. The first kappa shape index (κ1) is 20.5. The fraction of sp³-hybridized carbons (Fsp3) is 0.250. The van der Waals surface area contributed by atoms with Crippen LogP contribution in [-0.2, 0) is 11.3 Å². The van der Waals surface area contributed by atoms with Crippen molar-refractivity contribution in [2.45, 2.75) is 25.0 Å². The van der Waals surface area contributed by atoms with Crippen LogP contribution in [0.15, 0.2) is 53.9 Å². The molecule has 0 saturated heterocycles. The number of amides is 2. The number of benzene rings is 1. The van der Waals surface area contributed by atoms with E-state index in [0.29, 0.717) is 16.4 Å². The summed E-state index contributed by atoms with van der Waals surface area (Å²) in [5.41, 5.74) is 2.00. The van der Waals surface area contributed by atoms with Crippen molar-refractivity contribution in [2.24, 2.45) is 0 Å². The van der Waals surface area contributed by atoms with Gasteiger partial charge in [0.2, 0.25) is 5.91 Å². The van der Waals surface area contributed by atoms with E-state index in [1.165, 1.54) is 11.8 Å². The lowest BCUT2D eigenvalue weighted by Gasteiger charge is -2.09. The van der Waals surface area contributed by atoms with Gasteiger partial charge in [-0.25, -0.2) is 0 Å². The zero-order valence-corrected chi connectivity index (χ0v) is 17.1. The summed E-state index contributed by atoms with van der Waals surface area (Å²) in [6, 6.07) is 10.6. The van der Waals surface area contributed by atoms with Gasteiger partial charge in [-0.2, -0.15) is 0 Å². The molecule has 0 atom stereocenters. The standard InChI is InChI=1S/C20H22N6O2S/c1-3-11-26-18(14-7-9-22-10-8-14)24-25-20(26)29-13-17(27)23-16-6-4-5-15(12-16)19(28)21-2/h4-10,12H,3,11,13H2,1-2H3,(H,21,28)(H,23,27). The van der Waals surface area contributed by atoms with E-state index >= 15 is 0 Å². The maximum absolute atomic E-state index is 12.4. The molecule has 0 spiro atoms. The zero-order chi connectivity index (χ0) is 20.6. The van der Waals surface area contributed by atoms with Crippen LogP contribution in [0.5, 0.6) is 0 Å². The number of hydrogen-bond acceptors (Lipinski definition) is 6. The molecule has 0 radical (unpaired) electrons. The minimum atomic E-state index is -0.202. The Kier molecular flexibility index (Phi) is 6.96. The number of rotatable bonds is 8. The fourth-order valence-corrected chi connectivity index (χ4v) is 3.51. The second-order valence-corrected chi connectivity index (χ2v) is 7.13.